The fourth-order valence-corrected chi connectivity index (χ4v) is 2.33. The number of benzene rings is 1. The van der Waals surface area contributed by atoms with Gasteiger partial charge in [0.05, 0.1) is 15.5 Å². The summed E-state index contributed by atoms with van der Waals surface area (Å²) in [5.41, 5.74) is 6.46. The zero-order valence-electron chi connectivity index (χ0n) is 9.30. The van der Waals surface area contributed by atoms with Gasteiger partial charge in [-0.15, -0.1) is 0 Å². The van der Waals surface area contributed by atoms with Gasteiger partial charge in [-0.1, -0.05) is 17.7 Å². The number of nitrogens with two attached hydrogens (primary N) is 1. The summed E-state index contributed by atoms with van der Waals surface area (Å²) in [4.78, 5) is 12.6. The Morgan fingerprint density at radius 2 is 2.35 bits per heavy atom. The lowest BCUT2D eigenvalue weighted by Crippen LogP contribution is -2.26. The molecule has 2 rings (SSSR count). The first-order valence-electron chi connectivity index (χ1n) is 5.47. The molecule has 0 spiro atoms. The van der Waals surface area contributed by atoms with Crippen molar-refractivity contribution < 1.29 is 4.92 Å². The largest absolute Gasteiger partial charge is 0.326 e. The summed E-state index contributed by atoms with van der Waals surface area (Å²) in [5.74, 6) is 0. The van der Waals surface area contributed by atoms with Gasteiger partial charge in [-0.05, 0) is 12.5 Å². The number of nitro benzene ring substituents is 1. The van der Waals surface area contributed by atoms with Crippen LogP contribution in [0.1, 0.15) is 12.0 Å². The van der Waals surface area contributed by atoms with E-state index < -0.39 is 4.92 Å². The van der Waals surface area contributed by atoms with E-state index in [0.717, 1.165) is 19.5 Å². The van der Waals surface area contributed by atoms with Crippen LogP contribution in [-0.4, -0.2) is 29.0 Å². The van der Waals surface area contributed by atoms with Crippen molar-refractivity contribution in [3.05, 3.63) is 38.9 Å². The number of nitro groups is 1. The molecule has 0 aliphatic carbocycles. The van der Waals surface area contributed by atoms with Crippen LogP contribution in [-0.2, 0) is 6.54 Å². The minimum atomic E-state index is -0.392. The van der Waals surface area contributed by atoms with Gasteiger partial charge in [0, 0.05) is 31.7 Å². The molecule has 1 fully saturated rings. The monoisotopic (exact) mass is 255 g/mol. The molecule has 0 amide bonds. The van der Waals surface area contributed by atoms with Gasteiger partial charge < -0.3 is 5.73 Å². The van der Waals surface area contributed by atoms with Gasteiger partial charge in [0.1, 0.15) is 0 Å². The highest BCUT2D eigenvalue weighted by atomic mass is 35.5. The van der Waals surface area contributed by atoms with Crippen molar-refractivity contribution in [3.63, 3.8) is 0 Å². The average Bonchev–Trinajstić information content (AvgIpc) is 2.67. The van der Waals surface area contributed by atoms with E-state index in [4.69, 9.17) is 17.3 Å². The molecule has 6 heteroatoms. The van der Waals surface area contributed by atoms with Crippen LogP contribution in [0.5, 0.6) is 0 Å². The Kier molecular flexibility index (Phi) is 3.61. The van der Waals surface area contributed by atoms with Gasteiger partial charge in [-0.3, -0.25) is 15.0 Å². The smallest absolute Gasteiger partial charge is 0.275 e. The molecule has 1 heterocycles. The van der Waals surface area contributed by atoms with Crippen molar-refractivity contribution in [1.82, 2.24) is 4.90 Å². The highest BCUT2D eigenvalue weighted by Crippen LogP contribution is 2.28. The second-order valence-corrected chi connectivity index (χ2v) is 4.69. The maximum atomic E-state index is 10.9. The lowest BCUT2D eigenvalue weighted by atomic mass is 10.1. The molecule has 0 bridgehead atoms. The van der Waals surface area contributed by atoms with Gasteiger partial charge in [0.25, 0.3) is 5.69 Å². The van der Waals surface area contributed by atoms with E-state index in [1.807, 2.05) is 0 Å². The lowest BCUT2D eigenvalue weighted by Gasteiger charge is -2.15. The van der Waals surface area contributed by atoms with Gasteiger partial charge in [-0.2, -0.15) is 0 Å². The molecule has 1 aliphatic heterocycles. The van der Waals surface area contributed by atoms with Crippen LogP contribution in [0.3, 0.4) is 0 Å². The molecule has 5 nitrogen and oxygen atoms in total. The third-order valence-corrected chi connectivity index (χ3v) is 3.34. The lowest BCUT2D eigenvalue weighted by molar-refractivity contribution is -0.385. The number of halogens is 1. The predicted molar refractivity (Wildman–Crippen MR) is 66.0 cm³/mol. The molecule has 0 aromatic heterocycles. The Hall–Kier alpha value is -1.17. The maximum absolute atomic E-state index is 10.9. The standard InChI is InChI=1S/C11H14ClN3O2/c12-10-2-1-3-11(15(16)17)9(10)7-14-5-4-8(13)6-14/h1-3,8H,4-7,13H2/t8-/m1/s1. The van der Waals surface area contributed by atoms with Crippen molar-refractivity contribution in [2.24, 2.45) is 5.73 Å². The van der Waals surface area contributed by atoms with Crippen molar-refractivity contribution >= 4 is 17.3 Å². The minimum absolute atomic E-state index is 0.0815. The Balaban J connectivity index is 2.22. The van der Waals surface area contributed by atoms with Crippen LogP contribution < -0.4 is 5.73 Å². The minimum Gasteiger partial charge on any atom is -0.326 e. The molecule has 1 aliphatic rings. The van der Waals surface area contributed by atoms with Crippen LogP contribution in [0, 0.1) is 10.1 Å². The molecule has 1 aromatic rings. The second-order valence-electron chi connectivity index (χ2n) is 4.28. The van der Waals surface area contributed by atoms with Crippen LogP contribution in [0.2, 0.25) is 5.02 Å². The highest BCUT2D eigenvalue weighted by Gasteiger charge is 2.24. The molecule has 0 saturated carbocycles. The molecule has 17 heavy (non-hydrogen) atoms. The van der Waals surface area contributed by atoms with Crippen molar-refractivity contribution in [3.8, 4) is 0 Å². The Labute approximate surface area is 104 Å². The second kappa shape index (κ2) is 5.00. The molecule has 2 N–H and O–H groups in total. The number of likely N-dealkylation sites (tertiary alicyclic amines) is 1. The third kappa shape index (κ3) is 2.74. The van der Waals surface area contributed by atoms with E-state index in [9.17, 15) is 10.1 Å². The molecular formula is C11H14ClN3O2. The van der Waals surface area contributed by atoms with Gasteiger partial charge >= 0.3 is 0 Å². The summed E-state index contributed by atoms with van der Waals surface area (Å²) in [6.07, 6.45) is 0.929. The number of hydrogen-bond donors (Lipinski definition) is 1. The summed E-state index contributed by atoms with van der Waals surface area (Å²) in [7, 11) is 0. The summed E-state index contributed by atoms with van der Waals surface area (Å²) in [6, 6.07) is 4.92. The highest BCUT2D eigenvalue weighted by molar-refractivity contribution is 6.31. The zero-order valence-corrected chi connectivity index (χ0v) is 10.1. The van der Waals surface area contributed by atoms with E-state index in [0.29, 0.717) is 17.1 Å². The quantitative estimate of drug-likeness (QED) is 0.660. The van der Waals surface area contributed by atoms with Crippen LogP contribution >= 0.6 is 11.6 Å². The zero-order chi connectivity index (χ0) is 12.4. The molecule has 0 radical (unpaired) electrons. The number of rotatable bonds is 3. The van der Waals surface area contributed by atoms with E-state index in [1.165, 1.54) is 6.07 Å². The van der Waals surface area contributed by atoms with Crippen molar-refractivity contribution in [1.29, 1.82) is 0 Å². The normalized spacial score (nSPS) is 20.7. The molecule has 1 atom stereocenters. The SMILES string of the molecule is N[C@@H]1CCN(Cc2c(Cl)cccc2[N+](=O)[O-])C1. The van der Waals surface area contributed by atoms with Crippen LogP contribution in [0.4, 0.5) is 5.69 Å². The first-order chi connectivity index (χ1) is 8.08. The van der Waals surface area contributed by atoms with E-state index in [2.05, 4.69) is 4.90 Å². The van der Waals surface area contributed by atoms with E-state index in [-0.39, 0.29) is 11.7 Å². The number of nitrogens with zero attached hydrogens (tertiary/aromatic N) is 2. The average molecular weight is 256 g/mol. The first-order valence-corrected chi connectivity index (χ1v) is 5.85. The topological polar surface area (TPSA) is 72.4 Å². The summed E-state index contributed by atoms with van der Waals surface area (Å²) < 4.78 is 0. The Morgan fingerprint density at radius 1 is 1.59 bits per heavy atom. The number of hydrogen-bond acceptors (Lipinski definition) is 4. The predicted octanol–water partition coefficient (Wildman–Crippen LogP) is 1.78. The Bertz CT molecular complexity index is 439. The molecule has 1 aromatic carbocycles. The van der Waals surface area contributed by atoms with Crippen molar-refractivity contribution in [2.75, 3.05) is 13.1 Å². The van der Waals surface area contributed by atoms with Gasteiger partial charge in [0.2, 0.25) is 0 Å². The molecular weight excluding hydrogens is 242 g/mol. The van der Waals surface area contributed by atoms with E-state index in [1.54, 1.807) is 12.1 Å². The maximum Gasteiger partial charge on any atom is 0.275 e. The van der Waals surface area contributed by atoms with Crippen LogP contribution in [0.15, 0.2) is 18.2 Å². The van der Waals surface area contributed by atoms with Gasteiger partial charge in [0.15, 0.2) is 0 Å². The Morgan fingerprint density at radius 3 is 2.94 bits per heavy atom. The molecule has 1 saturated heterocycles. The first kappa shape index (κ1) is 12.3. The summed E-state index contributed by atoms with van der Waals surface area (Å²) in [6.45, 7) is 2.12. The fourth-order valence-electron chi connectivity index (χ4n) is 2.10. The van der Waals surface area contributed by atoms with Crippen molar-refractivity contribution in [2.45, 2.75) is 19.0 Å². The third-order valence-electron chi connectivity index (χ3n) is 2.98. The molecule has 0 unspecified atom stereocenters. The van der Waals surface area contributed by atoms with E-state index >= 15 is 0 Å². The summed E-state index contributed by atoms with van der Waals surface area (Å²) in [5, 5.41) is 11.4. The van der Waals surface area contributed by atoms with Gasteiger partial charge in [-0.25, -0.2) is 0 Å². The van der Waals surface area contributed by atoms with Crippen LogP contribution in [0.25, 0.3) is 0 Å². The summed E-state index contributed by atoms with van der Waals surface area (Å²) >= 11 is 6.03. The fraction of sp³-hybridized carbons (Fsp3) is 0.455. The molecule has 92 valence electrons.